The van der Waals surface area contributed by atoms with Gasteiger partial charge < -0.3 is 10.5 Å². The first-order chi connectivity index (χ1) is 6.15. The number of anilines is 1. The maximum atomic E-state index is 12.8. The molecule has 0 fully saturated rings. The molecule has 0 unspecified atom stereocenters. The minimum atomic E-state index is -0.893. The van der Waals surface area contributed by atoms with Crippen molar-refractivity contribution in [3.8, 4) is 5.88 Å². The fourth-order valence-electron chi connectivity index (χ4n) is 0.707. The second-order valence-corrected chi connectivity index (χ2v) is 2.66. The Bertz CT molecular complexity index is 309. The van der Waals surface area contributed by atoms with Gasteiger partial charge in [-0.05, 0) is 0 Å². The van der Waals surface area contributed by atoms with Gasteiger partial charge in [0, 0.05) is 11.8 Å². The van der Waals surface area contributed by atoms with E-state index in [0.29, 0.717) is 11.8 Å². The smallest absolute Gasteiger partial charge is 0.252 e. The molecular weight excluding hydrogens is 198 g/mol. The largest absolute Gasteiger partial charge is 0.475 e. The zero-order valence-corrected chi connectivity index (χ0v) is 7.52. The lowest BCUT2D eigenvalue weighted by Crippen LogP contribution is -2.05. The van der Waals surface area contributed by atoms with Crippen molar-refractivity contribution in [2.75, 3.05) is 18.1 Å². The first-order valence-electron chi connectivity index (χ1n) is 3.50. The summed E-state index contributed by atoms with van der Waals surface area (Å²) in [6, 6.07) is 0.635. The molecule has 13 heavy (non-hydrogen) atoms. The van der Waals surface area contributed by atoms with Crippen LogP contribution in [0.5, 0.6) is 5.88 Å². The summed E-state index contributed by atoms with van der Waals surface area (Å²) in [6.45, 7) is 0.193. The molecule has 0 saturated heterocycles. The monoisotopic (exact) mass is 206 g/mol. The molecule has 0 amide bonds. The molecule has 0 aromatic carbocycles. The lowest BCUT2D eigenvalue weighted by molar-refractivity contribution is 0.309. The van der Waals surface area contributed by atoms with E-state index < -0.39 is 11.6 Å². The normalized spacial score (nSPS) is 10.1. The number of ether oxygens (including phenoxy) is 1. The van der Waals surface area contributed by atoms with Crippen molar-refractivity contribution in [2.45, 2.75) is 0 Å². The van der Waals surface area contributed by atoms with Crippen molar-refractivity contribution in [1.82, 2.24) is 4.98 Å². The van der Waals surface area contributed by atoms with E-state index in [4.69, 9.17) is 10.5 Å². The van der Waals surface area contributed by atoms with Crippen molar-refractivity contribution in [3.05, 3.63) is 17.7 Å². The van der Waals surface area contributed by atoms with Crippen LogP contribution in [0.2, 0.25) is 0 Å². The highest BCUT2D eigenvalue weighted by Crippen LogP contribution is 2.18. The van der Waals surface area contributed by atoms with E-state index in [1.54, 1.807) is 0 Å². The molecule has 1 heterocycles. The molecular formula is C7H8F2N2OS. The van der Waals surface area contributed by atoms with Crippen LogP contribution in [0.1, 0.15) is 0 Å². The molecule has 0 radical (unpaired) electrons. The number of aromatic nitrogens is 1. The summed E-state index contributed by atoms with van der Waals surface area (Å²) in [5, 5.41) is 0. The van der Waals surface area contributed by atoms with Gasteiger partial charge in [-0.15, -0.1) is 0 Å². The van der Waals surface area contributed by atoms with Gasteiger partial charge >= 0.3 is 0 Å². The minimum absolute atomic E-state index is 0.193. The van der Waals surface area contributed by atoms with Crippen LogP contribution in [-0.2, 0) is 0 Å². The van der Waals surface area contributed by atoms with Gasteiger partial charge in [-0.25, -0.2) is 8.78 Å². The van der Waals surface area contributed by atoms with Crippen molar-refractivity contribution in [2.24, 2.45) is 0 Å². The number of hydrogen-bond acceptors (Lipinski definition) is 4. The number of nitrogens with two attached hydrogens (primary N) is 1. The number of halogens is 2. The summed E-state index contributed by atoms with van der Waals surface area (Å²) < 4.78 is 30.2. The predicted molar refractivity (Wildman–Crippen MR) is 47.9 cm³/mol. The van der Waals surface area contributed by atoms with Crippen LogP contribution in [0.25, 0.3) is 0 Å². The summed E-state index contributed by atoms with van der Waals surface area (Å²) in [5.41, 5.74) is 5.11. The van der Waals surface area contributed by atoms with Crippen molar-refractivity contribution in [3.63, 3.8) is 0 Å². The Morgan fingerprint density at radius 3 is 2.77 bits per heavy atom. The third-order valence-electron chi connectivity index (χ3n) is 1.25. The molecule has 1 aromatic heterocycles. The van der Waals surface area contributed by atoms with E-state index in [9.17, 15) is 8.78 Å². The van der Waals surface area contributed by atoms with Crippen molar-refractivity contribution in [1.29, 1.82) is 0 Å². The lowest BCUT2D eigenvalue weighted by Gasteiger charge is -2.05. The first-order valence-corrected chi connectivity index (χ1v) is 4.13. The van der Waals surface area contributed by atoms with Gasteiger partial charge in [0.1, 0.15) is 0 Å². The average Bonchev–Trinajstić information content (AvgIpc) is 2.09. The van der Waals surface area contributed by atoms with E-state index in [0.717, 1.165) is 0 Å². The number of pyridine rings is 1. The molecule has 1 aromatic rings. The third kappa shape index (κ3) is 2.45. The molecule has 0 atom stereocenters. The van der Waals surface area contributed by atoms with E-state index in [1.165, 1.54) is 0 Å². The van der Waals surface area contributed by atoms with Crippen molar-refractivity contribution < 1.29 is 13.5 Å². The molecule has 2 N–H and O–H groups in total. The Hall–Kier alpha value is -1.04. The number of thiol groups is 1. The topological polar surface area (TPSA) is 48.1 Å². The molecule has 0 saturated carbocycles. The van der Waals surface area contributed by atoms with Gasteiger partial charge in [-0.3, -0.25) is 0 Å². The van der Waals surface area contributed by atoms with E-state index >= 15 is 0 Å². The predicted octanol–water partition coefficient (Wildman–Crippen LogP) is 1.25. The standard InChI is InChI=1S/C7H8F2N2OS/c8-4-3-5(9)7(11-6(4)10)12-1-2-13/h3,13H,1-2H2,(H2,10,11). The minimum Gasteiger partial charge on any atom is -0.475 e. The van der Waals surface area contributed by atoms with Gasteiger partial charge in [-0.1, -0.05) is 0 Å². The summed E-state index contributed by atoms with van der Waals surface area (Å²) in [6.07, 6.45) is 0. The fraction of sp³-hybridized carbons (Fsp3) is 0.286. The van der Waals surface area contributed by atoms with Crippen LogP contribution in [0.15, 0.2) is 6.07 Å². The fourth-order valence-corrected chi connectivity index (χ4v) is 0.798. The highest BCUT2D eigenvalue weighted by molar-refractivity contribution is 7.80. The van der Waals surface area contributed by atoms with Crippen LogP contribution in [-0.4, -0.2) is 17.3 Å². The van der Waals surface area contributed by atoms with E-state index in [-0.39, 0.29) is 18.3 Å². The SMILES string of the molecule is Nc1nc(OCCS)c(F)cc1F. The van der Waals surface area contributed by atoms with Crippen molar-refractivity contribution >= 4 is 18.4 Å². The summed E-state index contributed by atoms with van der Waals surface area (Å²) >= 11 is 3.85. The van der Waals surface area contributed by atoms with Crippen LogP contribution >= 0.6 is 12.6 Å². The molecule has 72 valence electrons. The molecule has 0 bridgehead atoms. The Balaban J connectivity index is 2.88. The van der Waals surface area contributed by atoms with Crippen LogP contribution < -0.4 is 10.5 Å². The Kier molecular flexibility index (Phi) is 3.30. The number of hydrogen-bond donors (Lipinski definition) is 2. The van der Waals surface area contributed by atoms with Gasteiger partial charge in [0.05, 0.1) is 6.61 Å². The van der Waals surface area contributed by atoms with E-state index in [2.05, 4.69) is 17.6 Å². The second kappa shape index (κ2) is 4.27. The Morgan fingerprint density at radius 1 is 1.46 bits per heavy atom. The quantitative estimate of drug-likeness (QED) is 0.732. The number of nitrogens with zero attached hydrogens (tertiary/aromatic N) is 1. The molecule has 6 heteroatoms. The van der Waals surface area contributed by atoms with Gasteiger partial charge in [0.2, 0.25) is 0 Å². The van der Waals surface area contributed by atoms with Crippen LogP contribution in [0.4, 0.5) is 14.6 Å². The molecule has 1 rings (SSSR count). The zero-order chi connectivity index (χ0) is 9.84. The summed E-state index contributed by atoms with van der Waals surface area (Å²) in [5.74, 6) is -2.02. The van der Waals surface area contributed by atoms with Crippen LogP contribution in [0.3, 0.4) is 0 Å². The van der Waals surface area contributed by atoms with Gasteiger partial charge in [0.25, 0.3) is 5.88 Å². The van der Waals surface area contributed by atoms with E-state index in [1.807, 2.05) is 0 Å². The average molecular weight is 206 g/mol. The summed E-state index contributed by atoms with van der Waals surface area (Å²) in [7, 11) is 0. The highest BCUT2D eigenvalue weighted by atomic mass is 32.1. The maximum Gasteiger partial charge on any atom is 0.252 e. The Morgan fingerprint density at radius 2 is 2.15 bits per heavy atom. The molecule has 0 aliphatic heterocycles. The third-order valence-corrected chi connectivity index (χ3v) is 1.44. The number of nitrogen functional groups attached to an aromatic ring is 1. The molecule has 0 spiro atoms. The lowest BCUT2D eigenvalue weighted by atomic mass is 10.4. The summed E-state index contributed by atoms with van der Waals surface area (Å²) in [4.78, 5) is 3.38. The second-order valence-electron chi connectivity index (χ2n) is 2.21. The first kappa shape index (κ1) is 10.0. The number of rotatable bonds is 3. The van der Waals surface area contributed by atoms with Crippen LogP contribution in [0, 0.1) is 11.6 Å². The molecule has 0 aliphatic carbocycles. The molecule has 3 nitrogen and oxygen atoms in total. The Labute approximate surface area is 79.3 Å². The zero-order valence-electron chi connectivity index (χ0n) is 6.63. The highest BCUT2D eigenvalue weighted by Gasteiger charge is 2.10. The maximum absolute atomic E-state index is 12.8. The van der Waals surface area contributed by atoms with Gasteiger partial charge in [0.15, 0.2) is 17.5 Å². The molecule has 0 aliphatic rings. The van der Waals surface area contributed by atoms with Gasteiger partial charge in [-0.2, -0.15) is 17.6 Å².